The van der Waals surface area contributed by atoms with Crippen molar-refractivity contribution in [3.63, 3.8) is 0 Å². The second-order valence-electron chi connectivity index (χ2n) is 8.91. The Hall–Kier alpha value is -3.07. The van der Waals surface area contributed by atoms with Gasteiger partial charge in [-0.25, -0.2) is 0 Å². The van der Waals surface area contributed by atoms with Crippen molar-refractivity contribution in [1.29, 1.82) is 0 Å². The fourth-order valence-corrected chi connectivity index (χ4v) is 4.50. The first-order valence-electron chi connectivity index (χ1n) is 11.9. The SMILES string of the molecule is C=C(OC(F)F)c1oc2ccncc2c1C(=C)C(CC=O)CN(C)CCC(=O)N1CCCCCC1. The summed E-state index contributed by atoms with van der Waals surface area (Å²) >= 11 is 0. The van der Waals surface area contributed by atoms with E-state index in [2.05, 4.69) is 22.9 Å². The molecule has 0 aliphatic carbocycles. The highest BCUT2D eigenvalue weighted by Crippen LogP contribution is 2.38. The van der Waals surface area contributed by atoms with Crippen LogP contribution in [0.1, 0.15) is 49.8 Å². The topological polar surface area (TPSA) is 75.9 Å². The summed E-state index contributed by atoms with van der Waals surface area (Å²) < 4.78 is 36.0. The average molecular weight is 490 g/mol. The van der Waals surface area contributed by atoms with Crippen LogP contribution in [0.2, 0.25) is 0 Å². The Morgan fingerprint density at radius 2 is 2.00 bits per heavy atom. The Kier molecular flexibility index (Phi) is 9.54. The first-order chi connectivity index (χ1) is 16.8. The molecule has 35 heavy (non-hydrogen) atoms. The second kappa shape index (κ2) is 12.6. The summed E-state index contributed by atoms with van der Waals surface area (Å²) in [5.74, 6) is -0.495. The van der Waals surface area contributed by atoms with Crippen LogP contribution in [0.4, 0.5) is 8.78 Å². The predicted octanol–water partition coefficient (Wildman–Crippen LogP) is 4.98. The number of aromatic nitrogens is 1. The molecular weight excluding hydrogens is 456 g/mol. The van der Waals surface area contributed by atoms with E-state index < -0.39 is 6.61 Å². The van der Waals surface area contributed by atoms with Gasteiger partial charge < -0.3 is 23.7 Å². The Balaban J connectivity index is 1.75. The number of pyridine rings is 1. The van der Waals surface area contributed by atoms with Gasteiger partial charge in [0.15, 0.2) is 11.5 Å². The number of amides is 1. The standard InChI is InChI=1S/C26H33F2N3O4/c1-18(24-21-16-29-11-8-22(21)35-25(24)19(2)34-26(27)28)20(10-15-32)17-30(3)14-9-23(33)31-12-6-4-5-7-13-31/h8,11,15-16,20,26H,1-2,4-7,9-10,12-14,17H2,3H3. The van der Waals surface area contributed by atoms with E-state index in [1.165, 1.54) is 6.20 Å². The molecule has 0 saturated carbocycles. The number of fused-ring (bicyclic) bond motifs is 1. The fraction of sp³-hybridized carbons (Fsp3) is 0.500. The number of furan rings is 1. The minimum atomic E-state index is -3.06. The van der Waals surface area contributed by atoms with Gasteiger partial charge in [-0.05, 0) is 31.5 Å². The zero-order valence-electron chi connectivity index (χ0n) is 20.2. The third kappa shape index (κ3) is 6.97. The smallest absolute Gasteiger partial charge is 0.387 e. The molecule has 1 aliphatic rings. The minimum absolute atomic E-state index is 0.0354. The summed E-state index contributed by atoms with van der Waals surface area (Å²) in [6.45, 7) is 7.30. The molecule has 190 valence electrons. The van der Waals surface area contributed by atoms with Crippen molar-refractivity contribution in [2.24, 2.45) is 5.92 Å². The number of likely N-dealkylation sites (tertiary alicyclic amines) is 1. The normalized spacial score (nSPS) is 15.3. The summed E-state index contributed by atoms with van der Waals surface area (Å²) in [5.41, 5.74) is 1.40. The number of rotatable bonds is 12. The molecule has 1 fully saturated rings. The monoisotopic (exact) mass is 489 g/mol. The third-order valence-corrected chi connectivity index (χ3v) is 6.37. The summed E-state index contributed by atoms with van der Waals surface area (Å²) in [6.07, 6.45) is 8.84. The molecule has 0 radical (unpaired) electrons. The van der Waals surface area contributed by atoms with E-state index in [-0.39, 0.29) is 29.8 Å². The van der Waals surface area contributed by atoms with Crippen LogP contribution in [0.3, 0.4) is 0 Å². The Morgan fingerprint density at radius 1 is 1.29 bits per heavy atom. The Bertz CT molecular complexity index is 1040. The number of halogens is 2. The number of carbonyl (C=O) groups is 2. The lowest BCUT2D eigenvalue weighted by atomic mass is 9.89. The van der Waals surface area contributed by atoms with Gasteiger partial charge in [-0.1, -0.05) is 26.0 Å². The van der Waals surface area contributed by atoms with Gasteiger partial charge in [0, 0.05) is 68.3 Å². The highest BCUT2D eigenvalue weighted by Gasteiger charge is 2.27. The van der Waals surface area contributed by atoms with Gasteiger partial charge in [-0.15, -0.1) is 0 Å². The Labute approximate surface area is 204 Å². The quantitative estimate of drug-likeness (QED) is 0.309. The molecule has 3 heterocycles. The molecule has 0 bridgehead atoms. The maximum Gasteiger partial charge on any atom is 0.387 e. The number of nitrogens with zero attached hydrogens (tertiary/aromatic N) is 3. The molecule has 0 spiro atoms. The Morgan fingerprint density at radius 3 is 2.66 bits per heavy atom. The molecule has 0 aromatic carbocycles. The van der Waals surface area contributed by atoms with E-state index in [1.54, 1.807) is 12.3 Å². The van der Waals surface area contributed by atoms with Crippen molar-refractivity contribution >= 4 is 34.5 Å². The lowest BCUT2D eigenvalue weighted by Gasteiger charge is -2.26. The van der Waals surface area contributed by atoms with E-state index in [0.717, 1.165) is 45.1 Å². The van der Waals surface area contributed by atoms with Crippen LogP contribution in [-0.4, -0.2) is 66.8 Å². The largest absolute Gasteiger partial charge is 0.452 e. The summed E-state index contributed by atoms with van der Waals surface area (Å²) in [6, 6.07) is 1.61. The van der Waals surface area contributed by atoms with Crippen LogP contribution in [0, 0.1) is 5.92 Å². The van der Waals surface area contributed by atoms with Gasteiger partial charge in [0.2, 0.25) is 5.91 Å². The van der Waals surface area contributed by atoms with Crippen LogP contribution >= 0.6 is 0 Å². The maximum absolute atomic E-state index is 12.9. The predicted molar refractivity (Wildman–Crippen MR) is 130 cm³/mol. The van der Waals surface area contributed by atoms with Gasteiger partial charge >= 0.3 is 6.61 Å². The van der Waals surface area contributed by atoms with Crippen molar-refractivity contribution in [1.82, 2.24) is 14.8 Å². The van der Waals surface area contributed by atoms with E-state index in [4.69, 9.17) is 4.42 Å². The molecule has 9 heteroatoms. The van der Waals surface area contributed by atoms with E-state index in [0.29, 0.717) is 41.6 Å². The van der Waals surface area contributed by atoms with Crippen LogP contribution in [0.5, 0.6) is 0 Å². The number of aldehydes is 1. The molecule has 1 aliphatic heterocycles. The molecule has 3 rings (SSSR count). The van der Waals surface area contributed by atoms with Gasteiger partial charge in [0.25, 0.3) is 0 Å². The van der Waals surface area contributed by atoms with Gasteiger partial charge in [0.05, 0.1) is 0 Å². The summed E-state index contributed by atoms with van der Waals surface area (Å²) in [7, 11) is 1.88. The molecule has 2 aromatic heterocycles. The second-order valence-corrected chi connectivity index (χ2v) is 8.91. The van der Waals surface area contributed by atoms with Crippen LogP contribution < -0.4 is 0 Å². The highest BCUT2D eigenvalue weighted by atomic mass is 19.3. The molecule has 1 unspecified atom stereocenters. The minimum Gasteiger partial charge on any atom is -0.452 e. The number of hydrogen-bond donors (Lipinski definition) is 0. The number of ether oxygens (including phenoxy) is 1. The number of hydrogen-bond acceptors (Lipinski definition) is 6. The van der Waals surface area contributed by atoms with E-state index >= 15 is 0 Å². The van der Waals surface area contributed by atoms with Gasteiger partial charge in [-0.2, -0.15) is 8.78 Å². The zero-order valence-corrected chi connectivity index (χ0v) is 20.2. The molecule has 1 saturated heterocycles. The molecule has 2 aromatic rings. The molecule has 7 nitrogen and oxygen atoms in total. The van der Waals surface area contributed by atoms with E-state index in [1.807, 2.05) is 16.8 Å². The van der Waals surface area contributed by atoms with Crippen molar-refractivity contribution in [3.8, 4) is 0 Å². The average Bonchev–Trinajstić information content (AvgIpc) is 3.00. The number of alkyl halides is 2. The zero-order chi connectivity index (χ0) is 25.4. The van der Waals surface area contributed by atoms with Gasteiger partial charge in [0.1, 0.15) is 11.9 Å². The van der Waals surface area contributed by atoms with Crippen molar-refractivity contribution in [3.05, 3.63) is 42.9 Å². The van der Waals surface area contributed by atoms with E-state index in [9.17, 15) is 18.4 Å². The highest BCUT2D eigenvalue weighted by molar-refractivity contribution is 5.95. The molecule has 1 atom stereocenters. The van der Waals surface area contributed by atoms with Crippen molar-refractivity contribution < 1.29 is 27.5 Å². The molecular formula is C26H33F2N3O4. The van der Waals surface area contributed by atoms with Crippen molar-refractivity contribution in [2.75, 3.05) is 33.2 Å². The van der Waals surface area contributed by atoms with Crippen LogP contribution in [-0.2, 0) is 14.3 Å². The summed E-state index contributed by atoms with van der Waals surface area (Å²) in [4.78, 5) is 32.2. The fourth-order valence-electron chi connectivity index (χ4n) is 4.50. The lowest BCUT2D eigenvalue weighted by Crippen LogP contribution is -2.35. The first-order valence-corrected chi connectivity index (χ1v) is 11.9. The van der Waals surface area contributed by atoms with Crippen LogP contribution in [0.15, 0.2) is 36.0 Å². The lowest BCUT2D eigenvalue weighted by molar-refractivity contribution is -0.131. The third-order valence-electron chi connectivity index (χ3n) is 6.37. The molecule has 0 N–H and O–H groups in total. The number of carbonyl (C=O) groups excluding carboxylic acids is 2. The first kappa shape index (κ1) is 26.5. The van der Waals surface area contributed by atoms with Crippen molar-refractivity contribution in [2.45, 2.75) is 45.1 Å². The molecule has 1 amide bonds. The maximum atomic E-state index is 12.9. The van der Waals surface area contributed by atoms with Crippen LogP contribution in [0.25, 0.3) is 22.3 Å². The van der Waals surface area contributed by atoms with Gasteiger partial charge in [-0.3, -0.25) is 9.78 Å². The summed E-state index contributed by atoms with van der Waals surface area (Å²) in [5, 5.41) is 0.571.